The summed E-state index contributed by atoms with van der Waals surface area (Å²) in [5.41, 5.74) is 2.11. The lowest BCUT2D eigenvalue weighted by Crippen LogP contribution is -2.49. The number of halogens is 2. The maximum atomic E-state index is 13.2. The van der Waals surface area contributed by atoms with Gasteiger partial charge in [0.25, 0.3) is 0 Å². The number of ether oxygens (including phenoxy) is 1. The molecule has 0 aliphatic carbocycles. The second-order valence-corrected chi connectivity index (χ2v) is 8.80. The Kier molecular flexibility index (Phi) is 5.26. The summed E-state index contributed by atoms with van der Waals surface area (Å²) in [6.45, 7) is 1.18. The number of hydrogen-bond acceptors (Lipinski definition) is 3. The average molecular weight is 511 g/mol. The summed E-state index contributed by atoms with van der Waals surface area (Å²) in [6, 6.07) is 13.4. The van der Waals surface area contributed by atoms with E-state index in [1.807, 2.05) is 42.5 Å². The van der Waals surface area contributed by atoms with E-state index in [9.17, 15) is 9.59 Å². The molecule has 1 saturated heterocycles. The van der Waals surface area contributed by atoms with E-state index in [0.29, 0.717) is 31.0 Å². The number of amides is 2. The van der Waals surface area contributed by atoms with Gasteiger partial charge in [0.2, 0.25) is 5.91 Å². The van der Waals surface area contributed by atoms with Crippen molar-refractivity contribution in [1.29, 1.82) is 0 Å². The first-order valence-corrected chi connectivity index (χ1v) is 10.6. The second-order valence-electron chi connectivity index (χ2n) is 7.23. The topological polar surface area (TPSA) is 49.9 Å². The van der Waals surface area contributed by atoms with E-state index in [1.165, 1.54) is 0 Å². The highest BCUT2D eigenvalue weighted by atomic mass is 127. The van der Waals surface area contributed by atoms with Gasteiger partial charge >= 0.3 is 6.09 Å². The fraction of sp³-hybridized carbons (Fsp3) is 0.333. The molecule has 2 heterocycles. The lowest BCUT2D eigenvalue weighted by atomic mass is 9.73. The number of carbonyl (C=O) groups is 2. The van der Waals surface area contributed by atoms with Crippen molar-refractivity contribution in [3.05, 3.63) is 62.2 Å². The summed E-state index contributed by atoms with van der Waals surface area (Å²) in [5, 5.41) is 0.619. The van der Waals surface area contributed by atoms with Gasteiger partial charge in [-0.15, -0.1) is 0 Å². The van der Waals surface area contributed by atoms with Crippen molar-refractivity contribution in [2.45, 2.75) is 24.9 Å². The molecule has 1 spiro atoms. The normalized spacial score (nSPS) is 17.8. The van der Waals surface area contributed by atoms with Gasteiger partial charge in [0.05, 0.1) is 11.1 Å². The Balaban J connectivity index is 1.49. The Hall–Kier alpha value is -1.80. The van der Waals surface area contributed by atoms with E-state index >= 15 is 0 Å². The molecular formula is C21H20ClIN2O3. The lowest BCUT2D eigenvalue weighted by Gasteiger charge is -2.38. The first-order valence-electron chi connectivity index (χ1n) is 9.16. The number of hydrogen-bond donors (Lipinski definition) is 0. The van der Waals surface area contributed by atoms with Crippen molar-refractivity contribution in [3.8, 4) is 0 Å². The minimum absolute atomic E-state index is 0.0609. The summed E-state index contributed by atoms with van der Waals surface area (Å²) < 4.78 is 6.45. The van der Waals surface area contributed by atoms with Crippen molar-refractivity contribution < 1.29 is 14.3 Å². The number of likely N-dealkylation sites (tertiary alicyclic amines) is 1. The van der Waals surface area contributed by atoms with Gasteiger partial charge in [-0.1, -0.05) is 41.9 Å². The van der Waals surface area contributed by atoms with Crippen molar-refractivity contribution in [3.63, 3.8) is 0 Å². The van der Waals surface area contributed by atoms with Crippen LogP contribution in [0.5, 0.6) is 0 Å². The maximum Gasteiger partial charge on any atom is 0.410 e. The molecule has 0 saturated carbocycles. The van der Waals surface area contributed by atoms with Crippen LogP contribution in [-0.2, 0) is 21.6 Å². The Morgan fingerprint density at radius 3 is 2.54 bits per heavy atom. The van der Waals surface area contributed by atoms with Gasteiger partial charge in [0, 0.05) is 34.3 Å². The molecular weight excluding hydrogens is 491 g/mol. The van der Waals surface area contributed by atoms with Gasteiger partial charge in [0.1, 0.15) is 6.61 Å². The zero-order chi connectivity index (χ0) is 19.9. The van der Waals surface area contributed by atoms with E-state index in [4.69, 9.17) is 16.3 Å². The molecule has 0 aromatic heterocycles. The van der Waals surface area contributed by atoms with Gasteiger partial charge in [0.15, 0.2) is 0 Å². The standard InChI is InChI=1S/C21H20ClIN2O3/c1-24-18-16(23)8-7-15(22)17(18)21(19(24)26)9-11-25(12-10-21)20(27)28-13-14-5-3-2-4-6-14/h2-8H,9-13H2,1H3. The number of nitrogens with zero attached hydrogens (tertiary/aromatic N) is 2. The summed E-state index contributed by atoms with van der Waals surface area (Å²) in [5.74, 6) is 0.0609. The summed E-state index contributed by atoms with van der Waals surface area (Å²) >= 11 is 8.77. The van der Waals surface area contributed by atoms with Crippen LogP contribution in [0.15, 0.2) is 42.5 Å². The molecule has 146 valence electrons. The third kappa shape index (κ3) is 3.16. The van der Waals surface area contributed by atoms with Crippen molar-refractivity contribution in [2.75, 3.05) is 25.0 Å². The molecule has 0 radical (unpaired) electrons. The molecule has 1 fully saturated rings. The first kappa shape index (κ1) is 19.5. The fourth-order valence-corrected chi connectivity index (χ4v) is 5.34. The Morgan fingerprint density at radius 1 is 1.18 bits per heavy atom. The van der Waals surface area contributed by atoms with Crippen molar-refractivity contribution in [2.24, 2.45) is 0 Å². The van der Waals surface area contributed by atoms with E-state index < -0.39 is 5.41 Å². The number of carbonyl (C=O) groups excluding carboxylic acids is 2. The summed E-state index contributed by atoms with van der Waals surface area (Å²) in [4.78, 5) is 29.0. The van der Waals surface area contributed by atoms with E-state index in [1.54, 1.807) is 16.8 Å². The van der Waals surface area contributed by atoms with Gasteiger partial charge in [-0.25, -0.2) is 4.79 Å². The molecule has 0 bridgehead atoms. The SMILES string of the molecule is CN1C(=O)C2(CCN(C(=O)OCc3ccccc3)CC2)c2c(Cl)ccc(I)c21. The molecule has 28 heavy (non-hydrogen) atoms. The van der Waals surface area contributed by atoms with E-state index in [-0.39, 0.29) is 18.6 Å². The molecule has 2 aromatic rings. The highest BCUT2D eigenvalue weighted by Gasteiger charge is 2.53. The quantitative estimate of drug-likeness (QED) is 0.555. The Morgan fingerprint density at radius 2 is 1.86 bits per heavy atom. The fourth-order valence-electron chi connectivity index (χ4n) is 4.20. The van der Waals surface area contributed by atoms with Gasteiger partial charge in [-0.05, 0) is 53.1 Å². The molecule has 7 heteroatoms. The van der Waals surface area contributed by atoms with E-state index in [2.05, 4.69) is 22.6 Å². The van der Waals surface area contributed by atoms with Crippen LogP contribution in [0.2, 0.25) is 5.02 Å². The van der Waals surface area contributed by atoms with Crippen LogP contribution in [0, 0.1) is 3.57 Å². The molecule has 2 aliphatic heterocycles. The predicted octanol–water partition coefficient (Wildman–Crippen LogP) is 4.59. The molecule has 2 aromatic carbocycles. The zero-order valence-corrected chi connectivity index (χ0v) is 18.4. The average Bonchev–Trinajstić information content (AvgIpc) is 2.93. The number of fused-ring (bicyclic) bond motifs is 2. The zero-order valence-electron chi connectivity index (χ0n) is 15.5. The van der Waals surface area contributed by atoms with Gasteiger partial charge in [-0.2, -0.15) is 0 Å². The Bertz CT molecular complexity index is 927. The second kappa shape index (κ2) is 7.55. The molecule has 0 atom stereocenters. The smallest absolute Gasteiger partial charge is 0.410 e. The van der Waals surface area contributed by atoms with Crippen LogP contribution in [0.1, 0.15) is 24.0 Å². The molecule has 4 rings (SSSR count). The molecule has 2 amide bonds. The monoisotopic (exact) mass is 510 g/mol. The minimum atomic E-state index is -0.654. The number of anilines is 1. The Labute approximate surface area is 182 Å². The van der Waals surface area contributed by atoms with Crippen LogP contribution in [-0.4, -0.2) is 37.0 Å². The van der Waals surface area contributed by atoms with Crippen LogP contribution in [0.3, 0.4) is 0 Å². The number of benzene rings is 2. The third-order valence-corrected chi connectivity index (χ3v) is 6.87. The van der Waals surface area contributed by atoms with Crippen molar-refractivity contribution >= 4 is 51.9 Å². The highest BCUT2D eigenvalue weighted by molar-refractivity contribution is 14.1. The maximum absolute atomic E-state index is 13.2. The van der Waals surface area contributed by atoms with Gasteiger partial charge in [-0.3, -0.25) is 4.79 Å². The number of likely N-dealkylation sites (N-methyl/N-ethyl adjacent to an activating group) is 1. The third-order valence-electron chi connectivity index (χ3n) is 5.69. The largest absolute Gasteiger partial charge is 0.445 e. The molecule has 0 unspecified atom stereocenters. The predicted molar refractivity (Wildman–Crippen MR) is 117 cm³/mol. The van der Waals surface area contributed by atoms with Gasteiger partial charge < -0.3 is 14.5 Å². The minimum Gasteiger partial charge on any atom is -0.445 e. The van der Waals surface area contributed by atoms with E-state index in [0.717, 1.165) is 20.4 Å². The number of rotatable bonds is 2. The lowest BCUT2D eigenvalue weighted by molar-refractivity contribution is -0.124. The van der Waals surface area contributed by atoms with Crippen molar-refractivity contribution in [1.82, 2.24) is 4.90 Å². The summed E-state index contributed by atoms with van der Waals surface area (Å²) in [7, 11) is 1.80. The number of piperidine rings is 1. The van der Waals surface area contributed by atoms with Crippen LogP contribution >= 0.6 is 34.2 Å². The molecule has 5 nitrogen and oxygen atoms in total. The van der Waals surface area contributed by atoms with Crippen LogP contribution in [0.4, 0.5) is 10.5 Å². The van der Waals surface area contributed by atoms with Crippen LogP contribution in [0.25, 0.3) is 0 Å². The highest BCUT2D eigenvalue weighted by Crippen LogP contribution is 2.51. The molecule has 2 aliphatic rings. The first-order chi connectivity index (χ1) is 13.4. The van der Waals surface area contributed by atoms with Crippen LogP contribution < -0.4 is 4.90 Å². The molecule has 0 N–H and O–H groups in total. The summed E-state index contributed by atoms with van der Waals surface area (Å²) in [6.07, 6.45) is 0.749.